The van der Waals surface area contributed by atoms with E-state index in [0.29, 0.717) is 12.8 Å². The number of Topliss-reactive ketones (excluding diaryl/α,β-unsaturated/α-hetero) is 1. The van der Waals surface area contributed by atoms with Crippen LogP contribution in [0.15, 0.2) is 24.3 Å². The summed E-state index contributed by atoms with van der Waals surface area (Å²) in [4.78, 5) is 11.9. The number of ketones is 1. The highest BCUT2D eigenvalue weighted by atomic mass is 32.2. The fraction of sp³-hybridized carbons (Fsp3) is 0.611. The molecule has 0 radical (unpaired) electrons. The van der Waals surface area contributed by atoms with Gasteiger partial charge in [-0.15, -0.1) is 0 Å². The van der Waals surface area contributed by atoms with Gasteiger partial charge in [0.15, 0.2) is 0 Å². The number of hydrogen-bond acceptors (Lipinski definition) is 3. The van der Waals surface area contributed by atoms with E-state index in [0.717, 1.165) is 6.42 Å². The normalized spacial score (nSPS) is 28.4. The van der Waals surface area contributed by atoms with Gasteiger partial charge in [0.2, 0.25) is 0 Å². The molecule has 0 spiro atoms. The van der Waals surface area contributed by atoms with Crippen molar-refractivity contribution in [3.05, 3.63) is 35.4 Å². The van der Waals surface area contributed by atoms with Gasteiger partial charge in [0.25, 0.3) is 10.1 Å². The molecule has 23 heavy (non-hydrogen) atoms. The molecule has 128 valence electrons. The molecule has 0 heterocycles. The number of benzene rings is 1. The molecule has 0 saturated heterocycles. The lowest BCUT2D eigenvalue weighted by atomic mass is 9.70. The van der Waals surface area contributed by atoms with Gasteiger partial charge in [-0.3, -0.25) is 9.35 Å². The Bertz CT molecular complexity index is 667. The quantitative estimate of drug-likeness (QED) is 0.837. The van der Waals surface area contributed by atoms with Gasteiger partial charge in [0.05, 0.1) is 11.2 Å². The summed E-state index contributed by atoms with van der Waals surface area (Å²) in [5.41, 5.74) is 1.54. The van der Waals surface area contributed by atoms with Gasteiger partial charge in [0, 0.05) is 6.42 Å². The van der Waals surface area contributed by atoms with Gasteiger partial charge in [-0.1, -0.05) is 49.2 Å². The lowest BCUT2D eigenvalue weighted by Gasteiger charge is -2.35. The van der Waals surface area contributed by atoms with Crippen LogP contribution in [0.25, 0.3) is 0 Å². The third-order valence-corrected chi connectivity index (χ3v) is 6.64. The minimum Gasteiger partial charge on any atom is -0.299 e. The Morgan fingerprint density at radius 1 is 1.13 bits per heavy atom. The van der Waals surface area contributed by atoms with Gasteiger partial charge in [-0.2, -0.15) is 8.42 Å². The molecule has 2 aliphatic carbocycles. The van der Waals surface area contributed by atoms with E-state index < -0.39 is 21.3 Å². The highest BCUT2D eigenvalue weighted by Gasteiger charge is 2.65. The average molecular weight is 338 g/mol. The first-order valence-electron chi connectivity index (χ1n) is 8.00. The van der Waals surface area contributed by atoms with Crippen LogP contribution in [0.4, 0.5) is 0 Å². The Hall–Kier alpha value is -1.20. The van der Waals surface area contributed by atoms with E-state index in [1.165, 1.54) is 11.1 Å². The zero-order valence-electron chi connectivity index (χ0n) is 14.3. The van der Waals surface area contributed by atoms with Crippen molar-refractivity contribution in [3.63, 3.8) is 0 Å². The Morgan fingerprint density at radius 2 is 1.61 bits per heavy atom. The molecular formula is C18H26O4S. The smallest absolute Gasteiger partial charge is 0.265 e. The molecule has 1 N–H and O–H groups in total. The molecule has 0 amide bonds. The molecule has 2 unspecified atom stereocenters. The number of carbonyl (C=O) groups excluding carboxylic acids is 1. The van der Waals surface area contributed by atoms with Crippen LogP contribution in [0.5, 0.6) is 0 Å². The second-order valence-corrected chi connectivity index (χ2v) is 9.00. The molecule has 2 bridgehead atoms. The Morgan fingerprint density at radius 3 is 1.91 bits per heavy atom. The Balaban J connectivity index is 0.000000203. The summed E-state index contributed by atoms with van der Waals surface area (Å²) in [6.45, 7) is 8.08. The van der Waals surface area contributed by atoms with Gasteiger partial charge >= 0.3 is 0 Å². The van der Waals surface area contributed by atoms with E-state index in [9.17, 15) is 13.2 Å². The standard InChI is InChI=1S/C10H16O4S.C8H10/c1-9(2)7-3-4-10(9,8(11)5-7)6-15(12,13)14;1-7-3-5-8(2)6-4-7/h7H,3-6H2,1-2H3,(H,12,13,14);3-6H,1-2H3. The van der Waals surface area contributed by atoms with Crippen molar-refractivity contribution in [1.82, 2.24) is 0 Å². The molecule has 1 aromatic rings. The van der Waals surface area contributed by atoms with Crippen molar-refractivity contribution in [3.8, 4) is 0 Å². The third kappa shape index (κ3) is 3.50. The first-order valence-corrected chi connectivity index (χ1v) is 9.61. The summed E-state index contributed by atoms with van der Waals surface area (Å²) in [6, 6.07) is 8.48. The summed E-state index contributed by atoms with van der Waals surface area (Å²) in [6.07, 6.45) is 1.97. The van der Waals surface area contributed by atoms with Gasteiger partial charge in [0.1, 0.15) is 5.78 Å². The molecule has 2 fully saturated rings. The van der Waals surface area contributed by atoms with Gasteiger partial charge in [-0.05, 0) is 38.0 Å². The van der Waals surface area contributed by atoms with E-state index >= 15 is 0 Å². The second-order valence-electron chi connectivity index (χ2n) is 7.55. The predicted molar refractivity (Wildman–Crippen MR) is 90.9 cm³/mol. The highest BCUT2D eigenvalue weighted by Crippen LogP contribution is 2.64. The number of fused-ring (bicyclic) bond motifs is 2. The van der Waals surface area contributed by atoms with Crippen LogP contribution in [0.2, 0.25) is 0 Å². The van der Waals surface area contributed by atoms with Gasteiger partial charge < -0.3 is 0 Å². The van der Waals surface area contributed by atoms with Gasteiger partial charge in [-0.25, -0.2) is 0 Å². The van der Waals surface area contributed by atoms with Crippen molar-refractivity contribution >= 4 is 15.9 Å². The van der Waals surface area contributed by atoms with Crippen LogP contribution < -0.4 is 0 Å². The van der Waals surface area contributed by atoms with Crippen molar-refractivity contribution in [2.24, 2.45) is 16.7 Å². The first-order chi connectivity index (χ1) is 10.5. The summed E-state index contributed by atoms with van der Waals surface area (Å²) in [7, 11) is -4.08. The number of hydrogen-bond donors (Lipinski definition) is 1. The molecule has 0 aliphatic heterocycles. The minimum absolute atomic E-state index is 0.0152. The largest absolute Gasteiger partial charge is 0.299 e. The van der Waals surface area contributed by atoms with Crippen molar-refractivity contribution in [2.75, 3.05) is 5.75 Å². The summed E-state index contributed by atoms with van der Waals surface area (Å²) < 4.78 is 31.0. The number of rotatable bonds is 2. The lowest BCUT2D eigenvalue weighted by molar-refractivity contribution is -0.128. The summed E-state index contributed by atoms with van der Waals surface area (Å²) >= 11 is 0. The molecule has 2 aliphatic rings. The fourth-order valence-corrected chi connectivity index (χ4v) is 5.36. The van der Waals surface area contributed by atoms with E-state index in [2.05, 4.69) is 38.1 Å². The predicted octanol–water partition coefficient (Wildman–Crippen LogP) is 3.57. The van der Waals surface area contributed by atoms with Crippen LogP contribution in [0.1, 0.15) is 44.2 Å². The minimum atomic E-state index is -4.08. The SMILES string of the molecule is CC1(C)C2CCC1(CS(=O)(=O)O)C(=O)C2.Cc1ccc(C)cc1. The number of aryl methyl sites for hydroxylation is 2. The Kier molecular flexibility index (Phi) is 4.75. The van der Waals surface area contributed by atoms with Crippen molar-refractivity contribution in [1.29, 1.82) is 0 Å². The molecule has 3 rings (SSSR count). The molecule has 1 aromatic carbocycles. The number of carbonyl (C=O) groups is 1. The van der Waals surface area contributed by atoms with Crippen molar-refractivity contribution < 1.29 is 17.8 Å². The van der Waals surface area contributed by atoms with E-state index in [4.69, 9.17) is 4.55 Å². The summed E-state index contributed by atoms with van der Waals surface area (Å²) in [5.74, 6) is -0.101. The molecular weight excluding hydrogens is 312 g/mol. The maximum Gasteiger partial charge on any atom is 0.265 e. The molecule has 2 atom stereocenters. The maximum absolute atomic E-state index is 11.9. The Labute approximate surface area is 139 Å². The zero-order valence-corrected chi connectivity index (χ0v) is 15.1. The summed E-state index contributed by atoms with van der Waals surface area (Å²) in [5, 5.41) is 0. The second kappa shape index (κ2) is 6.02. The molecule has 4 nitrogen and oxygen atoms in total. The van der Waals surface area contributed by atoms with E-state index in [1.54, 1.807) is 0 Å². The maximum atomic E-state index is 11.9. The average Bonchev–Trinajstić information content (AvgIpc) is 2.75. The third-order valence-electron chi connectivity index (χ3n) is 5.79. The topological polar surface area (TPSA) is 71.4 Å². The van der Waals surface area contributed by atoms with Crippen LogP contribution in [0, 0.1) is 30.6 Å². The monoisotopic (exact) mass is 338 g/mol. The van der Waals surface area contributed by atoms with Crippen molar-refractivity contribution in [2.45, 2.75) is 47.0 Å². The molecule has 2 saturated carbocycles. The van der Waals surface area contributed by atoms with Crippen LogP contribution in [-0.2, 0) is 14.9 Å². The van der Waals surface area contributed by atoms with E-state index in [-0.39, 0.29) is 17.1 Å². The highest BCUT2D eigenvalue weighted by molar-refractivity contribution is 7.85. The van der Waals surface area contributed by atoms with Crippen LogP contribution in [-0.4, -0.2) is 24.5 Å². The zero-order chi connectivity index (χ0) is 17.5. The van der Waals surface area contributed by atoms with E-state index in [1.807, 2.05) is 13.8 Å². The fourth-order valence-electron chi connectivity index (χ4n) is 4.06. The molecule has 5 heteroatoms. The van der Waals surface area contributed by atoms with Crippen LogP contribution >= 0.6 is 0 Å². The first kappa shape index (κ1) is 18.1. The van der Waals surface area contributed by atoms with Crippen LogP contribution in [0.3, 0.4) is 0 Å². The lowest BCUT2D eigenvalue weighted by Crippen LogP contribution is -2.42. The molecule has 0 aromatic heterocycles.